The second-order valence-corrected chi connectivity index (χ2v) is 9.35. The third-order valence-corrected chi connectivity index (χ3v) is 6.55. The van der Waals surface area contributed by atoms with Crippen LogP contribution in [0.4, 0.5) is 4.79 Å². The van der Waals surface area contributed by atoms with Crippen molar-refractivity contribution in [1.82, 2.24) is 16.1 Å². The first-order valence-electron chi connectivity index (χ1n) is 12.6. The number of benzene rings is 2. The van der Waals surface area contributed by atoms with Crippen LogP contribution in [0.5, 0.6) is 11.5 Å². The van der Waals surface area contributed by atoms with E-state index < -0.39 is 36.5 Å². The molecule has 4 rings (SSSR count). The zero-order chi connectivity index (χ0) is 31.1. The second kappa shape index (κ2) is 13.6. The molecule has 0 aliphatic carbocycles. The summed E-state index contributed by atoms with van der Waals surface area (Å²) in [4.78, 5) is 48.7. The van der Waals surface area contributed by atoms with Crippen LogP contribution in [-0.2, 0) is 19.1 Å². The number of ether oxygens (including phenoxy) is 4. The Balaban J connectivity index is 1.37. The number of allylic oxidation sites excluding steroid dienone is 1. The van der Waals surface area contributed by atoms with E-state index >= 15 is 0 Å². The van der Waals surface area contributed by atoms with E-state index in [4.69, 9.17) is 35.0 Å². The van der Waals surface area contributed by atoms with Gasteiger partial charge in [-0.1, -0.05) is 17.7 Å². The molecule has 3 N–H and O–H groups in total. The number of hydrogen-bond donors (Lipinski definition) is 3. The number of urea groups is 1. The molecular weight excluding hydrogens is 584 g/mol. The van der Waals surface area contributed by atoms with Crippen LogP contribution in [0, 0.1) is 0 Å². The number of hydrazone groups is 1. The van der Waals surface area contributed by atoms with Crippen molar-refractivity contribution in [1.29, 1.82) is 0 Å². The minimum Gasteiger partial charge on any atom is -0.493 e. The number of hydrogen-bond acceptors (Lipinski definition) is 10. The summed E-state index contributed by atoms with van der Waals surface area (Å²) < 4.78 is 26.3. The van der Waals surface area contributed by atoms with Gasteiger partial charge in [-0.3, -0.25) is 4.79 Å². The van der Waals surface area contributed by atoms with Crippen LogP contribution in [0.15, 0.2) is 69.3 Å². The molecule has 2 aromatic carbocycles. The van der Waals surface area contributed by atoms with Crippen molar-refractivity contribution in [3.8, 4) is 22.8 Å². The van der Waals surface area contributed by atoms with Crippen molar-refractivity contribution in [2.24, 2.45) is 5.10 Å². The average Bonchev–Trinajstić information content (AvgIpc) is 3.48. The number of furan rings is 1. The molecule has 3 amide bonds. The van der Waals surface area contributed by atoms with Gasteiger partial charge in [0.25, 0.3) is 5.91 Å². The number of halogens is 1. The molecule has 0 radical (unpaired) electrons. The number of esters is 2. The first-order chi connectivity index (χ1) is 20.6. The minimum atomic E-state index is -0.793. The fourth-order valence-electron chi connectivity index (χ4n) is 4.17. The molecule has 0 fully saturated rings. The molecular formula is C29H27ClN4O9. The van der Waals surface area contributed by atoms with E-state index in [2.05, 4.69) is 21.2 Å². The molecule has 0 spiro atoms. The summed E-state index contributed by atoms with van der Waals surface area (Å²) in [5.41, 5.74) is 4.26. The highest BCUT2D eigenvalue weighted by molar-refractivity contribution is 6.33. The Morgan fingerprint density at radius 3 is 2.51 bits per heavy atom. The average molecular weight is 611 g/mol. The summed E-state index contributed by atoms with van der Waals surface area (Å²) in [5, 5.41) is 9.37. The maximum absolute atomic E-state index is 12.4. The van der Waals surface area contributed by atoms with E-state index in [0.717, 1.165) is 0 Å². The Kier molecular flexibility index (Phi) is 9.68. The van der Waals surface area contributed by atoms with Crippen LogP contribution in [0.3, 0.4) is 0 Å². The van der Waals surface area contributed by atoms with Gasteiger partial charge in [-0.2, -0.15) is 5.10 Å². The lowest BCUT2D eigenvalue weighted by atomic mass is 9.95. The van der Waals surface area contributed by atoms with Gasteiger partial charge in [-0.15, -0.1) is 0 Å². The molecule has 43 heavy (non-hydrogen) atoms. The zero-order valence-electron chi connectivity index (χ0n) is 23.5. The van der Waals surface area contributed by atoms with E-state index in [0.29, 0.717) is 28.3 Å². The van der Waals surface area contributed by atoms with Crippen LogP contribution in [0.1, 0.15) is 34.6 Å². The van der Waals surface area contributed by atoms with E-state index in [1.807, 2.05) is 0 Å². The third-order valence-electron chi connectivity index (χ3n) is 6.22. The van der Waals surface area contributed by atoms with Crippen LogP contribution in [0.2, 0.25) is 5.02 Å². The Bertz CT molecular complexity index is 1630. The molecule has 0 saturated heterocycles. The summed E-state index contributed by atoms with van der Waals surface area (Å²) >= 11 is 6.07. The predicted octanol–water partition coefficient (Wildman–Crippen LogP) is 3.73. The zero-order valence-corrected chi connectivity index (χ0v) is 24.2. The van der Waals surface area contributed by atoms with E-state index in [1.165, 1.54) is 27.5 Å². The monoisotopic (exact) mass is 610 g/mol. The lowest BCUT2D eigenvalue weighted by Gasteiger charge is -2.28. The van der Waals surface area contributed by atoms with Gasteiger partial charge in [0.05, 0.1) is 49.7 Å². The molecule has 1 aliphatic rings. The Morgan fingerprint density at radius 2 is 1.79 bits per heavy atom. The van der Waals surface area contributed by atoms with Gasteiger partial charge in [-0.25, -0.2) is 19.8 Å². The first-order valence-corrected chi connectivity index (χ1v) is 13.0. The van der Waals surface area contributed by atoms with E-state index in [-0.39, 0.29) is 27.7 Å². The Morgan fingerprint density at radius 1 is 1.02 bits per heavy atom. The number of carbonyl (C=O) groups is 4. The summed E-state index contributed by atoms with van der Waals surface area (Å²) in [6, 6.07) is 11.6. The fraction of sp³-hybridized carbons (Fsp3) is 0.207. The maximum atomic E-state index is 12.4. The molecule has 0 saturated carbocycles. The summed E-state index contributed by atoms with van der Waals surface area (Å²) in [6.07, 6.45) is 1.30. The van der Waals surface area contributed by atoms with Crippen LogP contribution in [0.25, 0.3) is 11.3 Å². The van der Waals surface area contributed by atoms with Gasteiger partial charge in [0.2, 0.25) is 0 Å². The smallest absolute Gasteiger partial charge is 0.339 e. The molecule has 13 nitrogen and oxygen atoms in total. The van der Waals surface area contributed by atoms with E-state index in [1.54, 1.807) is 55.5 Å². The van der Waals surface area contributed by atoms with Crippen molar-refractivity contribution >= 4 is 41.7 Å². The fourth-order valence-corrected chi connectivity index (χ4v) is 4.37. The predicted molar refractivity (Wildman–Crippen MR) is 154 cm³/mol. The van der Waals surface area contributed by atoms with Crippen LogP contribution in [-0.4, -0.2) is 58.0 Å². The van der Waals surface area contributed by atoms with Crippen molar-refractivity contribution in [2.75, 3.05) is 27.9 Å². The summed E-state index contributed by atoms with van der Waals surface area (Å²) in [6.45, 7) is 1.20. The molecule has 0 bridgehead atoms. The van der Waals surface area contributed by atoms with Crippen molar-refractivity contribution in [2.45, 2.75) is 13.0 Å². The van der Waals surface area contributed by atoms with Gasteiger partial charge in [0.1, 0.15) is 11.5 Å². The maximum Gasteiger partial charge on any atom is 0.339 e. The standard InChI is InChI=1S/C29H27ClN4O9/c1-15-25(28(37)41-4)26(33-29(38)32-15)17-6-9-22(23(12-17)39-2)42-14-24(35)34-31-13-18-7-10-21(43-18)16-5-8-20(30)19(11-16)27(36)40-3/h5-13,26H,14H2,1-4H3,(H,34,35)(H2,32,33,38)/b31-13-/t26-/m0/s1. The third kappa shape index (κ3) is 7.13. The summed E-state index contributed by atoms with van der Waals surface area (Å²) in [7, 11) is 3.93. The van der Waals surface area contributed by atoms with Crippen LogP contribution < -0.4 is 25.5 Å². The van der Waals surface area contributed by atoms with Gasteiger partial charge < -0.3 is 34.0 Å². The molecule has 1 aliphatic heterocycles. The Hall–Kier alpha value is -5.30. The van der Waals surface area contributed by atoms with Crippen LogP contribution >= 0.6 is 11.6 Å². The molecule has 3 aromatic rings. The number of rotatable bonds is 10. The van der Waals surface area contributed by atoms with Crippen molar-refractivity contribution < 1.29 is 42.5 Å². The normalized spacial score (nSPS) is 14.5. The second-order valence-electron chi connectivity index (χ2n) is 8.94. The van der Waals surface area contributed by atoms with Gasteiger partial charge in [-0.05, 0) is 55.0 Å². The van der Waals surface area contributed by atoms with Gasteiger partial charge in [0.15, 0.2) is 18.1 Å². The molecule has 2 heterocycles. The number of carbonyl (C=O) groups excluding carboxylic acids is 4. The van der Waals surface area contributed by atoms with Gasteiger partial charge >= 0.3 is 18.0 Å². The highest BCUT2D eigenvalue weighted by Gasteiger charge is 2.32. The molecule has 0 unspecified atom stereocenters. The highest BCUT2D eigenvalue weighted by Crippen LogP contribution is 2.34. The SMILES string of the molecule is COC(=O)C1=C(C)NC(=O)N[C@H]1c1ccc(OCC(=O)N/N=C\c2ccc(-c3ccc(Cl)c(C(=O)OC)c3)o2)c(OC)c1. The number of amides is 3. The van der Waals surface area contributed by atoms with Crippen molar-refractivity contribution in [3.05, 3.63) is 81.7 Å². The quantitative estimate of drug-likeness (QED) is 0.176. The molecule has 14 heteroatoms. The molecule has 1 aromatic heterocycles. The minimum absolute atomic E-state index is 0.197. The largest absolute Gasteiger partial charge is 0.493 e. The Labute approximate surface area is 250 Å². The number of methoxy groups -OCH3 is 3. The number of nitrogens with one attached hydrogen (secondary N) is 3. The topological polar surface area (TPSA) is 167 Å². The highest BCUT2D eigenvalue weighted by atomic mass is 35.5. The molecule has 1 atom stereocenters. The first kappa shape index (κ1) is 30.7. The number of nitrogens with zero attached hydrogens (tertiary/aromatic N) is 1. The van der Waals surface area contributed by atoms with Crippen molar-refractivity contribution in [3.63, 3.8) is 0 Å². The summed E-state index contributed by atoms with van der Waals surface area (Å²) in [5.74, 6) is -0.443. The lowest BCUT2D eigenvalue weighted by Crippen LogP contribution is -2.45. The van der Waals surface area contributed by atoms with Gasteiger partial charge in [0, 0.05) is 11.3 Å². The molecule has 224 valence electrons. The van der Waals surface area contributed by atoms with E-state index in [9.17, 15) is 19.2 Å². The lowest BCUT2D eigenvalue weighted by molar-refractivity contribution is -0.136.